The molecule has 3 nitrogen and oxygen atoms in total. The molecule has 114 valence electrons. The van der Waals surface area contributed by atoms with Crippen LogP contribution in [0.3, 0.4) is 0 Å². The molecular formula is C16H21ClFN3. The molecule has 0 aliphatic carbocycles. The topological polar surface area (TPSA) is 29.9 Å². The summed E-state index contributed by atoms with van der Waals surface area (Å²) in [7, 11) is 0. The zero-order valence-corrected chi connectivity index (χ0v) is 13.5. The van der Waals surface area contributed by atoms with E-state index in [9.17, 15) is 4.39 Å². The van der Waals surface area contributed by atoms with Gasteiger partial charge in [-0.2, -0.15) is 5.10 Å². The molecule has 0 unspecified atom stereocenters. The van der Waals surface area contributed by atoms with Crippen LogP contribution in [0.2, 0.25) is 5.02 Å². The first-order valence-corrected chi connectivity index (χ1v) is 7.58. The molecule has 0 amide bonds. The van der Waals surface area contributed by atoms with Gasteiger partial charge in [0.2, 0.25) is 0 Å². The number of aryl methyl sites for hydroxylation is 1. The summed E-state index contributed by atoms with van der Waals surface area (Å²) in [4.78, 5) is 0. The molecule has 0 saturated carbocycles. The molecule has 0 radical (unpaired) electrons. The highest BCUT2D eigenvalue weighted by molar-refractivity contribution is 6.31. The SMILES string of the molecule is CCNCCc1c(C)nn(Cc2cc(F)ccc2Cl)c1C. The van der Waals surface area contributed by atoms with Gasteiger partial charge < -0.3 is 5.32 Å². The minimum Gasteiger partial charge on any atom is -0.317 e. The molecule has 1 aromatic carbocycles. The van der Waals surface area contributed by atoms with Gasteiger partial charge in [0.15, 0.2) is 0 Å². The molecule has 2 rings (SSSR count). The Morgan fingerprint density at radius 3 is 2.81 bits per heavy atom. The Hall–Kier alpha value is -1.39. The average Bonchev–Trinajstić information content (AvgIpc) is 2.70. The lowest BCUT2D eigenvalue weighted by atomic mass is 10.1. The van der Waals surface area contributed by atoms with Gasteiger partial charge in [-0.05, 0) is 62.7 Å². The van der Waals surface area contributed by atoms with E-state index in [1.165, 1.54) is 17.7 Å². The normalized spacial score (nSPS) is 11.1. The first-order chi connectivity index (χ1) is 10.0. The van der Waals surface area contributed by atoms with Crippen molar-refractivity contribution in [1.29, 1.82) is 0 Å². The lowest BCUT2D eigenvalue weighted by Gasteiger charge is -2.08. The summed E-state index contributed by atoms with van der Waals surface area (Å²) in [6.07, 6.45) is 0.947. The van der Waals surface area contributed by atoms with Crippen LogP contribution in [-0.2, 0) is 13.0 Å². The van der Waals surface area contributed by atoms with Crippen LogP contribution < -0.4 is 5.32 Å². The third kappa shape index (κ3) is 3.83. The van der Waals surface area contributed by atoms with Crippen molar-refractivity contribution in [3.8, 4) is 0 Å². The van der Waals surface area contributed by atoms with E-state index < -0.39 is 0 Å². The molecule has 1 heterocycles. The summed E-state index contributed by atoms with van der Waals surface area (Å²) < 4.78 is 15.2. The Bertz CT molecular complexity index is 622. The van der Waals surface area contributed by atoms with E-state index in [2.05, 4.69) is 24.3 Å². The molecule has 1 N–H and O–H groups in total. The van der Waals surface area contributed by atoms with Crippen LogP contribution in [0, 0.1) is 19.7 Å². The maximum Gasteiger partial charge on any atom is 0.123 e. The summed E-state index contributed by atoms with van der Waals surface area (Å²) in [5.74, 6) is -0.275. The van der Waals surface area contributed by atoms with Crippen molar-refractivity contribution in [2.24, 2.45) is 0 Å². The number of rotatable bonds is 6. The van der Waals surface area contributed by atoms with Crippen molar-refractivity contribution >= 4 is 11.6 Å². The zero-order chi connectivity index (χ0) is 15.4. The largest absolute Gasteiger partial charge is 0.317 e. The third-order valence-corrected chi connectivity index (χ3v) is 4.03. The Kier molecular flexibility index (Phi) is 5.37. The van der Waals surface area contributed by atoms with E-state index in [0.29, 0.717) is 11.6 Å². The van der Waals surface area contributed by atoms with Crippen molar-refractivity contribution in [3.63, 3.8) is 0 Å². The van der Waals surface area contributed by atoms with E-state index in [1.54, 1.807) is 6.07 Å². The quantitative estimate of drug-likeness (QED) is 0.828. The Morgan fingerprint density at radius 1 is 1.33 bits per heavy atom. The average molecular weight is 310 g/mol. The summed E-state index contributed by atoms with van der Waals surface area (Å²) in [5.41, 5.74) is 4.15. The fourth-order valence-corrected chi connectivity index (χ4v) is 2.64. The minimum absolute atomic E-state index is 0.275. The summed E-state index contributed by atoms with van der Waals surface area (Å²) in [5, 5.41) is 8.45. The molecule has 0 saturated heterocycles. The lowest BCUT2D eigenvalue weighted by molar-refractivity contribution is 0.615. The second kappa shape index (κ2) is 7.05. The third-order valence-electron chi connectivity index (χ3n) is 3.66. The van der Waals surface area contributed by atoms with Crippen molar-refractivity contribution < 1.29 is 4.39 Å². The Balaban J connectivity index is 2.21. The van der Waals surface area contributed by atoms with E-state index >= 15 is 0 Å². The zero-order valence-electron chi connectivity index (χ0n) is 12.7. The van der Waals surface area contributed by atoms with Gasteiger partial charge in [0.05, 0.1) is 12.2 Å². The number of hydrogen-bond acceptors (Lipinski definition) is 2. The lowest BCUT2D eigenvalue weighted by Crippen LogP contribution is -2.16. The van der Waals surface area contributed by atoms with Gasteiger partial charge in [-0.3, -0.25) is 4.68 Å². The first kappa shape index (κ1) is 16.0. The van der Waals surface area contributed by atoms with Crippen LogP contribution in [0.25, 0.3) is 0 Å². The van der Waals surface area contributed by atoms with Gasteiger partial charge >= 0.3 is 0 Å². The van der Waals surface area contributed by atoms with Crippen LogP contribution in [0.1, 0.15) is 29.4 Å². The molecule has 1 aromatic heterocycles. The predicted molar refractivity (Wildman–Crippen MR) is 84.5 cm³/mol. The molecule has 5 heteroatoms. The predicted octanol–water partition coefficient (Wildman–Crippen LogP) is 3.49. The van der Waals surface area contributed by atoms with Gasteiger partial charge in [0, 0.05) is 10.7 Å². The number of halogens is 2. The summed E-state index contributed by atoms with van der Waals surface area (Å²) in [6.45, 7) is 8.54. The standard InChI is InChI=1S/C16H21ClFN3/c1-4-19-8-7-15-11(2)20-21(12(15)3)10-13-9-14(18)5-6-16(13)17/h5-6,9,19H,4,7-8,10H2,1-3H3. The number of nitrogens with one attached hydrogen (secondary N) is 1. The maximum absolute atomic E-state index is 13.3. The monoisotopic (exact) mass is 309 g/mol. The van der Waals surface area contributed by atoms with Gasteiger partial charge in [-0.1, -0.05) is 18.5 Å². The highest BCUT2D eigenvalue weighted by atomic mass is 35.5. The van der Waals surface area contributed by atoms with Crippen LogP contribution in [0.4, 0.5) is 4.39 Å². The molecule has 0 aliphatic heterocycles. The van der Waals surface area contributed by atoms with Gasteiger partial charge in [0.25, 0.3) is 0 Å². The first-order valence-electron chi connectivity index (χ1n) is 7.20. The fourth-order valence-electron chi connectivity index (χ4n) is 2.47. The smallest absolute Gasteiger partial charge is 0.123 e. The van der Waals surface area contributed by atoms with E-state index in [-0.39, 0.29) is 5.82 Å². The summed E-state index contributed by atoms with van der Waals surface area (Å²) >= 11 is 6.13. The van der Waals surface area contributed by atoms with Crippen LogP contribution in [-0.4, -0.2) is 22.9 Å². The molecular weight excluding hydrogens is 289 g/mol. The van der Waals surface area contributed by atoms with Crippen molar-refractivity contribution in [2.75, 3.05) is 13.1 Å². The number of benzene rings is 1. The Labute approximate surface area is 130 Å². The number of hydrogen-bond donors (Lipinski definition) is 1. The molecule has 0 spiro atoms. The second-order valence-corrected chi connectivity index (χ2v) is 5.55. The van der Waals surface area contributed by atoms with Crippen LogP contribution >= 0.6 is 11.6 Å². The molecule has 0 fully saturated rings. The van der Waals surface area contributed by atoms with Crippen molar-refractivity contribution in [2.45, 2.75) is 33.7 Å². The van der Waals surface area contributed by atoms with Crippen molar-refractivity contribution in [3.05, 3.63) is 51.6 Å². The molecule has 0 aliphatic rings. The van der Waals surface area contributed by atoms with Crippen LogP contribution in [0.5, 0.6) is 0 Å². The van der Waals surface area contributed by atoms with Crippen LogP contribution in [0.15, 0.2) is 18.2 Å². The number of likely N-dealkylation sites (N-methyl/N-ethyl adjacent to an activating group) is 1. The molecule has 21 heavy (non-hydrogen) atoms. The maximum atomic E-state index is 13.3. The molecule has 2 aromatic rings. The highest BCUT2D eigenvalue weighted by Crippen LogP contribution is 2.20. The van der Waals surface area contributed by atoms with Crippen molar-refractivity contribution in [1.82, 2.24) is 15.1 Å². The van der Waals surface area contributed by atoms with E-state index in [4.69, 9.17) is 11.6 Å². The molecule has 0 bridgehead atoms. The highest BCUT2D eigenvalue weighted by Gasteiger charge is 2.12. The number of aromatic nitrogens is 2. The van der Waals surface area contributed by atoms with E-state index in [1.807, 2.05) is 11.6 Å². The fraction of sp³-hybridized carbons (Fsp3) is 0.438. The Morgan fingerprint density at radius 2 is 2.10 bits per heavy atom. The van der Waals surface area contributed by atoms with Gasteiger partial charge in [-0.25, -0.2) is 4.39 Å². The number of nitrogens with zero attached hydrogens (tertiary/aromatic N) is 2. The molecule has 0 atom stereocenters. The second-order valence-electron chi connectivity index (χ2n) is 5.15. The van der Waals surface area contributed by atoms with E-state index in [0.717, 1.165) is 36.5 Å². The minimum atomic E-state index is -0.275. The summed E-state index contributed by atoms with van der Waals surface area (Å²) in [6, 6.07) is 4.43. The van der Waals surface area contributed by atoms with Gasteiger partial charge in [-0.15, -0.1) is 0 Å². The van der Waals surface area contributed by atoms with Gasteiger partial charge in [0.1, 0.15) is 5.82 Å².